The molecule has 0 saturated heterocycles. The van der Waals surface area contributed by atoms with Gasteiger partial charge in [-0.2, -0.15) is 0 Å². The molecule has 0 aliphatic heterocycles. The Kier molecular flexibility index (Phi) is 6.19. The van der Waals surface area contributed by atoms with Crippen molar-refractivity contribution in [2.45, 2.75) is 33.6 Å². The topological polar surface area (TPSA) is 0 Å². The molecule has 0 aromatic heterocycles. The molecule has 0 nitrogen and oxygen atoms in total. The van der Waals surface area contributed by atoms with Crippen molar-refractivity contribution < 1.29 is 0 Å². The molecule has 0 bridgehead atoms. The maximum atomic E-state index is 4.08. The van der Waals surface area contributed by atoms with E-state index in [0.717, 1.165) is 6.16 Å². The first-order valence-corrected chi connectivity index (χ1v) is 10.7. The second-order valence-electron chi connectivity index (χ2n) is 7.50. The average Bonchev–Trinajstić information content (AvgIpc) is 2.54. The fourth-order valence-corrected chi connectivity index (χ4v) is 7.28. The van der Waals surface area contributed by atoms with E-state index in [1.54, 1.807) is 0 Å². The van der Waals surface area contributed by atoms with Crippen molar-refractivity contribution in [1.29, 1.82) is 0 Å². The van der Waals surface area contributed by atoms with Crippen molar-refractivity contribution in [3.05, 3.63) is 73.3 Å². The molecule has 0 saturated carbocycles. The van der Waals surface area contributed by atoms with Gasteiger partial charge < -0.3 is 0 Å². The Balaban J connectivity index is 2.41. The number of allylic oxidation sites excluding steroid dienone is 1. The Morgan fingerprint density at radius 2 is 1.35 bits per heavy atom. The van der Waals surface area contributed by atoms with Gasteiger partial charge in [-0.05, 0) is 42.5 Å². The smallest absolute Gasteiger partial charge is 0.0995 e. The lowest BCUT2D eigenvalue weighted by atomic mass is 9.91. The lowest BCUT2D eigenvalue weighted by Crippen LogP contribution is -2.27. The molecule has 122 valence electrons. The summed E-state index contributed by atoms with van der Waals surface area (Å²) in [5.74, 6) is 0. The molecule has 0 amide bonds. The summed E-state index contributed by atoms with van der Waals surface area (Å²) >= 11 is 0. The van der Waals surface area contributed by atoms with Crippen LogP contribution in [0.3, 0.4) is 0 Å². The van der Waals surface area contributed by atoms with E-state index in [0.29, 0.717) is 5.41 Å². The van der Waals surface area contributed by atoms with Crippen LogP contribution in [0.25, 0.3) is 0 Å². The Morgan fingerprint density at radius 1 is 0.870 bits per heavy atom. The molecule has 0 fully saturated rings. The quantitative estimate of drug-likeness (QED) is 0.454. The highest BCUT2D eigenvalue weighted by Gasteiger charge is 2.41. The third-order valence-electron chi connectivity index (χ3n) is 4.41. The van der Waals surface area contributed by atoms with Gasteiger partial charge in [0.15, 0.2) is 0 Å². The second-order valence-corrected chi connectivity index (χ2v) is 11.3. The Morgan fingerprint density at radius 3 is 1.74 bits per heavy atom. The van der Waals surface area contributed by atoms with Gasteiger partial charge in [-0.1, -0.05) is 69.8 Å². The van der Waals surface area contributed by atoms with Crippen molar-refractivity contribution in [2.75, 3.05) is 12.3 Å². The predicted octanol–water partition coefficient (Wildman–Crippen LogP) is 5.67. The Hall–Kier alpha value is -1.39. The summed E-state index contributed by atoms with van der Waals surface area (Å²) in [5.41, 5.74) is 0.400. The Bertz CT molecular complexity index is 553. The molecule has 0 radical (unpaired) electrons. The van der Waals surface area contributed by atoms with Gasteiger partial charge in [0.2, 0.25) is 0 Å². The van der Waals surface area contributed by atoms with Gasteiger partial charge in [0.25, 0.3) is 0 Å². The van der Waals surface area contributed by atoms with Crippen LogP contribution >= 0.6 is 7.26 Å². The van der Waals surface area contributed by atoms with Crippen LogP contribution in [-0.4, -0.2) is 12.3 Å². The summed E-state index contributed by atoms with van der Waals surface area (Å²) in [6, 6.07) is 22.2. The highest BCUT2D eigenvalue weighted by molar-refractivity contribution is 7.89. The molecule has 1 heteroatoms. The molecule has 23 heavy (non-hydrogen) atoms. The van der Waals surface area contributed by atoms with E-state index in [1.165, 1.54) is 29.6 Å². The van der Waals surface area contributed by atoms with Gasteiger partial charge in [0.05, 0.1) is 30.2 Å². The number of benzene rings is 2. The highest BCUT2D eigenvalue weighted by atomic mass is 31.2. The lowest BCUT2D eigenvalue weighted by molar-refractivity contribution is 0.374. The first-order valence-electron chi connectivity index (χ1n) is 8.57. The maximum absolute atomic E-state index is 4.08. The third-order valence-corrected chi connectivity index (χ3v) is 8.94. The van der Waals surface area contributed by atoms with Gasteiger partial charge >= 0.3 is 0 Å². The van der Waals surface area contributed by atoms with Crippen LogP contribution in [0.1, 0.15) is 33.6 Å². The zero-order valence-corrected chi connectivity index (χ0v) is 15.7. The summed E-state index contributed by atoms with van der Waals surface area (Å²) in [5, 5.41) is 3.03. The van der Waals surface area contributed by atoms with Crippen LogP contribution in [0.2, 0.25) is 0 Å². The van der Waals surface area contributed by atoms with Crippen LogP contribution in [0.4, 0.5) is 0 Å². The molecule has 0 aliphatic rings. The van der Waals surface area contributed by atoms with Gasteiger partial charge in [-0.25, -0.2) is 0 Å². The van der Waals surface area contributed by atoms with E-state index in [2.05, 4.69) is 94.1 Å². The SMILES string of the molecule is C=CC[P+](CCCC(C)(C)C)(c1ccccc1)c1ccccc1. The van der Waals surface area contributed by atoms with Crippen molar-refractivity contribution >= 4 is 17.9 Å². The molecule has 0 spiro atoms. The standard InChI is InChI=1S/C22H30P/c1-5-18-23(19-12-17-22(2,3)4,20-13-8-6-9-14-20)21-15-10-7-11-16-21/h5-11,13-16H,1,12,17-19H2,2-4H3/q+1. The van der Waals surface area contributed by atoms with E-state index in [1.807, 2.05) is 0 Å². The minimum absolute atomic E-state index is 0.400. The van der Waals surface area contributed by atoms with Crippen molar-refractivity contribution in [2.24, 2.45) is 5.41 Å². The van der Waals surface area contributed by atoms with Gasteiger partial charge in [0, 0.05) is 0 Å². The van der Waals surface area contributed by atoms with Gasteiger partial charge in [-0.3, -0.25) is 0 Å². The molecule has 0 unspecified atom stereocenters. The predicted molar refractivity (Wildman–Crippen MR) is 108 cm³/mol. The van der Waals surface area contributed by atoms with Crippen molar-refractivity contribution in [1.82, 2.24) is 0 Å². The number of hydrogen-bond donors (Lipinski definition) is 0. The first-order chi connectivity index (χ1) is 11.0. The number of hydrogen-bond acceptors (Lipinski definition) is 0. The van der Waals surface area contributed by atoms with E-state index < -0.39 is 7.26 Å². The average molecular weight is 325 g/mol. The van der Waals surface area contributed by atoms with Gasteiger partial charge in [0.1, 0.15) is 0 Å². The minimum atomic E-state index is -1.40. The van der Waals surface area contributed by atoms with E-state index >= 15 is 0 Å². The molecule has 0 N–H and O–H groups in total. The second kappa shape index (κ2) is 7.93. The Labute approximate surface area is 143 Å². The van der Waals surface area contributed by atoms with Crippen LogP contribution in [0, 0.1) is 5.41 Å². The van der Waals surface area contributed by atoms with E-state index in [-0.39, 0.29) is 0 Å². The molecule has 2 aromatic carbocycles. The van der Waals surface area contributed by atoms with E-state index in [9.17, 15) is 0 Å². The largest absolute Gasteiger partial charge is 0.0995 e. The lowest BCUT2D eigenvalue weighted by Gasteiger charge is -2.28. The zero-order valence-electron chi connectivity index (χ0n) is 14.8. The molecule has 2 aromatic rings. The normalized spacial score (nSPS) is 12.1. The van der Waals surface area contributed by atoms with Crippen molar-refractivity contribution in [3.63, 3.8) is 0 Å². The van der Waals surface area contributed by atoms with Gasteiger partial charge in [-0.15, -0.1) is 0 Å². The van der Waals surface area contributed by atoms with Crippen LogP contribution in [0.15, 0.2) is 73.3 Å². The minimum Gasteiger partial charge on any atom is -0.0995 e. The third kappa shape index (κ3) is 4.79. The summed E-state index contributed by atoms with van der Waals surface area (Å²) < 4.78 is 0. The summed E-state index contributed by atoms with van der Waals surface area (Å²) in [7, 11) is -1.40. The molecule has 2 rings (SSSR count). The maximum Gasteiger partial charge on any atom is 0.0995 e. The van der Waals surface area contributed by atoms with E-state index in [4.69, 9.17) is 0 Å². The molecule has 0 atom stereocenters. The monoisotopic (exact) mass is 325 g/mol. The molecule has 0 aliphatic carbocycles. The van der Waals surface area contributed by atoms with Crippen LogP contribution < -0.4 is 10.6 Å². The summed E-state index contributed by atoms with van der Waals surface area (Å²) in [4.78, 5) is 0. The highest BCUT2D eigenvalue weighted by Crippen LogP contribution is 2.57. The van der Waals surface area contributed by atoms with Crippen LogP contribution in [-0.2, 0) is 0 Å². The first kappa shape index (κ1) is 18.0. The fourth-order valence-electron chi connectivity index (χ4n) is 3.24. The summed E-state index contributed by atoms with van der Waals surface area (Å²) in [6.07, 6.45) is 7.03. The zero-order chi connectivity index (χ0) is 16.8. The molecular formula is C22H30P+. The summed E-state index contributed by atoms with van der Waals surface area (Å²) in [6.45, 7) is 11.1. The molecule has 0 heterocycles. The molecular weight excluding hydrogens is 295 g/mol. The fraction of sp³-hybridized carbons (Fsp3) is 0.364. The van der Waals surface area contributed by atoms with Crippen molar-refractivity contribution in [3.8, 4) is 0 Å². The van der Waals surface area contributed by atoms with Crippen LogP contribution in [0.5, 0.6) is 0 Å². The number of rotatable bonds is 7.